The van der Waals surface area contributed by atoms with Gasteiger partial charge in [-0.1, -0.05) is 200 Å². The highest BCUT2D eigenvalue weighted by atomic mass is 14.7. The number of nitrogens with zero attached hydrogens (tertiary/aromatic N) is 1. The molecule has 0 amide bonds. The van der Waals surface area contributed by atoms with Gasteiger partial charge in [-0.05, 0) is 130 Å². The van der Waals surface area contributed by atoms with Gasteiger partial charge in [0.15, 0.2) is 0 Å². The molecule has 0 N–H and O–H groups in total. The second kappa shape index (κ2) is 12.3. The van der Waals surface area contributed by atoms with Crippen LogP contribution in [0, 0.1) is 0 Å². The van der Waals surface area contributed by atoms with Crippen LogP contribution >= 0.6 is 0 Å². The topological polar surface area (TPSA) is 12.9 Å². The Labute approximate surface area is 371 Å². The van der Waals surface area contributed by atoms with Crippen molar-refractivity contribution in [3.63, 3.8) is 0 Å². The summed E-state index contributed by atoms with van der Waals surface area (Å²) in [5.74, 6) is 0. The van der Waals surface area contributed by atoms with Crippen molar-refractivity contribution in [3.8, 4) is 66.9 Å². The molecule has 0 unspecified atom stereocenters. The van der Waals surface area contributed by atoms with Crippen molar-refractivity contribution in [1.29, 1.82) is 0 Å². The summed E-state index contributed by atoms with van der Waals surface area (Å²) in [6.07, 6.45) is 0. The van der Waals surface area contributed by atoms with Gasteiger partial charge in [-0.2, -0.15) is 0 Å². The van der Waals surface area contributed by atoms with Crippen LogP contribution < -0.4 is 0 Å². The van der Waals surface area contributed by atoms with Gasteiger partial charge in [-0.15, -0.1) is 0 Å². The van der Waals surface area contributed by atoms with Gasteiger partial charge >= 0.3 is 0 Å². The lowest BCUT2D eigenvalue weighted by molar-refractivity contribution is 0.794. The van der Waals surface area contributed by atoms with Crippen LogP contribution in [0.4, 0.5) is 0 Å². The maximum Gasteiger partial charge on any atom is 0.0788 e. The minimum atomic E-state index is -0.405. The van der Waals surface area contributed by atoms with Crippen molar-refractivity contribution >= 4 is 21.7 Å². The Morgan fingerprint density at radius 3 is 1.11 bits per heavy atom. The molecule has 64 heavy (non-hydrogen) atoms. The van der Waals surface area contributed by atoms with E-state index in [1.54, 1.807) is 0 Å². The predicted octanol–water partition coefficient (Wildman–Crippen LogP) is 15.4. The number of hydrogen-bond donors (Lipinski definition) is 0. The van der Waals surface area contributed by atoms with Gasteiger partial charge in [0.2, 0.25) is 0 Å². The minimum absolute atomic E-state index is 0.372. The number of para-hydroxylation sites is 1. The van der Waals surface area contributed by atoms with E-state index in [2.05, 4.69) is 224 Å². The van der Waals surface area contributed by atoms with E-state index in [1.165, 1.54) is 116 Å². The summed E-state index contributed by atoms with van der Waals surface area (Å²) in [4.78, 5) is 5.48. The van der Waals surface area contributed by atoms with Crippen LogP contribution in [0.2, 0.25) is 0 Å². The van der Waals surface area contributed by atoms with Crippen molar-refractivity contribution in [3.05, 3.63) is 269 Å². The predicted molar refractivity (Wildman–Crippen MR) is 263 cm³/mol. The highest BCUT2D eigenvalue weighted by Gasteiger charge is 2.53. The molecule has 11 aromatic rings. The first-order chi connectivity index (χ1) is 31.7. The smallest absolute Gasteiger partial charge is 0.0788 e. The average Bonchev–Trinajstić information content (AvgIpc) is 4.04. The highest BCUT2D eigenvalue weighted by Crippen LogP contribution is 2.65. The van der Waals surface area contributed by atoms with E-state index < -0.39 is 5.41 Å². The molecule has 4 aliphatic rings. The average molecular weight is 808 g/mol. The molecular weight excluding hydrogens is 771 g/mol. The van der Waals surface area contributed by atoms with E-state index in [0.717, 1.165) is 16.8 Å². The third-order valence-electron chi connectivity index (χ3n) is 15.3. The molecule has 294 valence electrons. The van der Waals surface area contributed by atoms with Crippen molar-refractivity contribution in [2.24, 2.45) is 0 Å². The molecular formula is C63H37N. The van der Waals surface area contributed by atoms with Crippen LogP contribution in [0.5, 0.6) is 0 Å². The zero-order chi connectivity index (χ0) is 41.7. The standard InChI is InChI=1S/C63H37N/c1-8-22-52-41(15-1)42-16-2-9-23-53(42)62(52)56-26-12-5-19-45(56)47-34-33-40(35-58(47)62)38-29-31-39(32-30-38)61-51-36-50-46-20-6-13-27-57(46)63(59(50)37-49(51)48-21-7-14-28-60(48)64-61)54-24-10-3-17-43(54)44-18-4-11-25-55(44)63/h1-37H. The zero-order valence-electron chi connectivity index (χ0n) is 34.8. The number of benzene rings is 10. The van der Waals surface area contributed by atoms with E-state index in [1.807, 2.05) is 0 Å². The van der Waals surface area contributed by atoms with Crippen molar-refractivity contribution in [2.75, 3.05) is 0 Å². The quantitative estimate of drug-likeness (QED) is 0.159. The summed E-state index contributed by atoms with van der Waals surface area (Å²) in [7, 11) is 0. The molecule has 0 atom stereocenters. The summed E-state index contributed by atoms with van der Waals surface area (Å²) in [6.45, 7) is 0. The Morgan fingerprint density at radius 1 is 0.234 bits per heavy atom. The maximum atomic E-state index is 5.48. The molecule has 10 aromatic carbocycles. The van der Waals surface area contributed by atoms with Gasteiger partial charge in [0.1, 0.15) is 0 Å². The van der Waals surface area contributed by atoms with Crippen LogP contribution in [0.1, 0.15) is 44.5 Å². The fourth-order valence-corrected chi connectivity index (χ4v) is 12.9. The van der Waals surface area contributed by atoms with E-state index >= 15 is 0 Å². The molecule has 1 aromatic heterocycles. The van der Waals surface area contributed by atoms with Crippen LogP contribution in [-0.2, 0) is 10.8 Å². The van der Waals surface area contributed by atoms with Gasteiger partial charge in [0.25, 0.3) is 0 Å². The minimum Gasteiger partial charge on any atom is -0.247 e. The Hall–Kier alpha value is -8.13. The lowest BCUT2D eigenvalue weighted by Gasteiger charge is -2.30. The second-order valence-corrected chi connectivity index (χ2v) is 18.0. The molecule has 0 fully saturated rings. The molecule has 4 aliphatic carbocycles. The van der Waals surface area contributed by atoms with Gasteiger partial charge < -0.3 is 0 Å². The largest absolute Gasteiger partial charge is 0.247 e. The normalized spacial score (nSPS) is 14.5. The molecule has 0 saturated carbocycles. The Kier molecular flexibility index (Phi) is 6.61. The molecule has 1 heterocycles. The molecule has 15 rings (SSSR count). The molecule has 0 bridgehead atoms. The van der Waals surface area contributed by atoms with Crippen LogP contribution in [-0.4, -0.2) is 4.98 Å². The van der Waals surface area contributed by atoms with Crippen LogP contribution in [0.3, 0.4) is 0 Å². The Bertz CT molecular complexity index is 3740. The SMILES string of the molecule is c1ccc2c(c1)-c1ccccc1C21c2ccccc2-c2ccc(-c3ccc(-c4nc5ccccc5c5cc6c(cc45)-c4ccccc4C64c5ccccc5-c5ccccc54)cc3)cc21. The van der Waals surface area contributed by atoms with Gasteiger partial charge in [0.05, 0.1) is 22.0 Å². The second-order valence-electron chi connectivity index (χ2n) is 18.0. The number of aromatic nitrogens is 1. The third-order valence-corrected chi connectivity index (χ3v) is 15.3. The first-order valence-electron chi connectivity index (χ1n) is 22.5. The number of pyridine rings is 1. The fraction of sp³-hybridized carbons (Fsp3) is 0.0317. The highest BCUT2D eigenvalue weighted by molar-refractivity contribution is 6.14. The zero-order valence-corrected chi connectivity index (χ0v) is 34.8. The summed E-state index contributed by atoms with van der Waals surface area (Å²) in [6, 6.07) is 84.3. The monoisotopic (exact) mass is 807 g/mol. The summed E-state index contributed by atoms with van der Waals surface area (Å²) in [5, 5.41) is 3.58. The molecule has 2 spiro atoms. The van der Waals surface area contributed by atoms with Crippen molar-refractivity contribution in [1.82, 2.24) is 4.98 Å². The molecule has 1 heteroatoms. The van der Waals surface area contributed by atoms with E-state index in [-0.39, 0.29) is 5.41 Å². The van der Waals surface area contributed by atoms with E-state index in [4.69, 9.17) is 4.98 Å². The third kappa shape index (κ3) is 4.09. The number of fused-ring (bicyclic) bond motifs is 23. The van der Waals surface area contributed by atoms with Gasteiger partial charge in [-0.3, -0.25) is 0 Å². The summed E-state index contributed by atoms with van der Waals surface area (Å²) in [5.41, 5.74) is 26.1. The van der Waals surface area contributed by atoms with Crippen molar-refractivity contribution < 1.29 is 0 Å². The number of rotatable bonds is 2. The maximum absolute atomic E-state index is 5.48. The van der Waals surface area contributed by atoms with E-state index in [0.29, 0.717) is 0 Å². The first kappa shape index (κ1) is 34.5. The van der Waals surface area contributed by atoms with Gasteiger partial charge in [0, 0.05) is 16.3 Å². The molecule has 1 nitrogen and oxygen atoms in total. The number of hydrogen-bond acceptors (Lipinski definition) is 1. The van der Waals surface area contributed by atoms with E-state index in [9.17, 15) is 0 Å². The lowest BCUT2D eigenvalue weighted by atomic mass is 9.70. The molecule has 0 saturated heterocycles. The lowest BCUT2D eigenvalue weighted by Crippen LogP contribution is -2.25. The van der Waals surface area contributed by atoms with Crippen LogP contribution in [0.25, 0.3) is 88.6 Å². The van der Waals surface area contributed by atoms with Crippen LogP contribution in [0.15, 0.2) is 224 Å². The fourth-order valence-electron chi connectivity index (χ4n) is 12.9. The Morgan fingerprint density at radius 2 is 0.609 bits per heavy atom. The Balaban J connectivity index is 0.918. The first-order valence-corrected chi connectivity index (χ1v) is 22.5. The van der Waals surface area contributed by atoms with Crippen molar-refractivity contribution in [2.45, 2.75) is 10.8 Å². The summed E-state index contributed by atoms with van der Waals surface area (Å²) >= 11 is 0. The molecule has 0 radical (unpaired) electrons. The molecule has 0 aliphatic heterocycles. The summed E-state index contributed by atoms with van der Waals surface area (Å²) < 4.78 is 0. The van der Waals surface area contributed by atoms with Gasteiger partial charge in [-0.25, -0.2) is 4.98 Å².